The van der Waals surface area contributed by atoms with Gasteiger partial charge < -0.3 is 26.0 Å². The fraction of sp³-hybridized carbons (Fsp3) is 0.318. The summed E-state index contributed by atoms with van der Waals surface area (Å²) in [6.45, 7) is 2.65. The summed E-state index contributed by atoms with van der Waals surface area (Å²) >= 11 is 0. The van der Waals surface area contributed by atoms with Crippen LogP contribution in [0.5, 0.6) is 5.75 Å². The molecule has 1 amide bonds. The molecular formula is C22H23F3N6O2. The molecule has 1 aliphatic heterocycles. The van der Waals surface area contributed by atoms with Crippen LogP contribution in [0.3, 0.4) is 0 Å². The Bertz CT molecular complexity index is 1200. The van der Waals surface area contributed by atoms with E-state index in [1.54, 1.807) is 6.07 Å². The minimum absolute atomic E-state index is 0.0298. The zero-order valence-corrected chi connectivity index (χ0v) is 18.0. The average Bonchev–Trinajstić information content (AvgIpc) is 3.19. The number of carbonyl (C=O) groups is 1. The smallest absolute Gasteiger partial charge is 0.416 e. The Morgan fingerprint density at radius 2 is 2.03 bits per heavy atom. The number of para-hydroxylation sites is 1. The maximum Gasteiger partial charge on any atom is 0.416 e. The molecule has 0 saturated carbocycles. The maximum absolute atomic E-state index is 13.2. The molecule has 0 bridgehead atoms. The molecule has 1 aliphatic rings. The van der Waals surface area contributed by atoms with E-state index in [0.29, 0.717) is 30.2 Å². The van der Waals surface area contributed by atoms with E-state index in [9.17, 15) is 18.0 Å². The number of amides is 1. The molecule has 0 unspecified atom stereocenters. The van der Waals surface area contributed by atoms with Crippen LogP contribution in [0.15, 0.2) is 36.4 Å². The molecule has 0 aliphatic carbocycles. The third kappa shape index (κ3) is 4.86. The van der Waals surface area contributed by atoms with Crippen LogP contribution in [-0.2, 0) is 11.0 Å². The highest BCUT2D eigenvalue weighted by Crippen LogP contribution is 2.35. The third-order valence-electron chi connectivity index (χ3n) is 5.32. The van der Waals surface area contributed by atoms with E-state index in [1.165, 1.54) is 20.1 Å². The van der Waals surface area contributed by atoms with Gasteiger partial charge in [0.1, 0.15) is 17.1 Å². The molecule has 11 heteroatoms. The van der Waals surface area contributed by atoms with Crippen molar-refractivity contribution in [2.45, 2.75) is 25.6 Å². The van der Waals surface area contributed by atoms with Crippen LogP contribution >= 0.6 is 0 Å². The number of hydrogen-bond acceptors (Lipinski definition) is 7. The number of nitrogen functional groups attached to an aromatic ring is 1. The van der Waals surface area contributed by atoms with Gasteiger partial charge in [-0.05, 0) is 36.8 Å². The highest BCUT2D eigenvalue weighted by atomic mass is 19.4. The Labute approximate surface area is 187 Å². The summed E-state index contributed by atoms with van der Waals surface area (Å²) in [6.07, 6.45) is -3.80. The standard InChI is InChI=1S/C22H23F3N6O2/c1-12(32)27-15-6-7-31(11-15)20-17-4-3-5-18(33-2)19(17)29-21(30-20)28-16-9-13(22(23,24)25)8-14(26)10-16/h3-5,8-10,15H,6-7,11,26H2,1-2H3,(H,27,32)(H,28,29,30)/t15-/m0/s1. The Kier molecular flexibility index (Phi) is 5.88. The lowest BCUT2D eigenvalue weighted by molar-refractivity contribution is -0.137. The number of rotatable bonds is 5. The maximum atomic E-state index is 13.2. The van der Waals surface area contributed by atoms with E-state index < -0.39 is 11.7 Å². The van der Waals surface area contributed by atoms with E-state index in [4.69, 9.17) is 10.5 Å². The van der Waals surface area contributed by atoms with Gasteiger partial charge in [0.05, 0.1) is 12.7 Å². The number of carbonyl (C=O) groups excluding carboxylic acids is 1. The quantitative estimate of drug-likeness (QED) is 0.499. The second-order valence-electron chi connectivity index (χ2n) is 7.83. The van der Waals surface area contributed by atoms with Gasteiger partial charge in [0.25, 0.3) is 0 Å². The first kappa shape index (κ1) is 22.4. The lowest BCUT2D eigenvalue weighted by Crippen LogP contribution is -2.35. The largest absolute Gasteiger partial charge is 0.494 e. The van der Waals surface area contributed by atoms with Gasteiger partial charge in [0.15, 0.2) is 0 Å². The van der Waals surface area contributed by atoms with Crippen LogP contribution in [-0.4, -0.2) is 42.1 Å². The van der Waals surface area contributed by atoms with Gasteiger partial charge in [0.2, 0.25) is 11.9 Å². The SMILES string of the molecule is COc1cccc2c(N3CC[C@H](NC(C)=O)C3)nc(Nc3cc(N)cc(C(F)(F)F)c3)nc12. The molecule has 1 fully saturated rings. The van der Waals surface area contributed by atoms with Crippen molar-refractivity contribution in [2.75, 3.05) is 36.1 Å². The number of nitrogens with zero attached hydrogens (tertiary/aromatic N) is 3. The first-order valence-corrected chi connectivity index (χ1v) is 10.3. The van der Waals surface area contributed by atoms with Crippen molar-refractivity contribution in [2.24, 2.45) is 0 Å². The van der Waals surface area contributed by atoms with Crippen LogP contribution in [0.4, 0.5) is 36.3 Å². The summed E-state index contributed by atoms with van der Waals surface area (Å²) in [5.41, 5.74) is 5.40. The molecule has 4 N–H and O–H groups in total. The highest BCUT2D eigenvalue weighted by molar-refractivity contribution is 5.94. The van der Waals surface area contributed by atoms with Crippen molar-refractivity contribution in [3.05, 3.63) is 42.0 Å². The van der Waals surface area contributed by atoms with E-state index in [0.717, 1.165) is 23.9 Å². The van der Waals surface area contributed by atoms with E-state index in [2.05, 4.69) is 20.6 Å². The summed E-state index contributed by atoms with van der Waals surface area (Å²) in [5.74, 6) is 1.08. The fourth-order valence-corrected chi connectivity index (χ4v) is 3.95. The summed E-state index contributed by atoms with van der Waals surface area (Å²) in [4.78, 5) is 22.6. The predicted octanol–water partition coefficient (Wildman–Crippen LogP) is 3.70. The van der Waals surface area contributed by atoms with Gasteiger partial charge in [0, 0.05) is 42.8 Å². The molecule has 3 aromatic rings. The number of ether oxygens (including phenoxy) is 1. The summed E-state index contributed by atoms with van der Waals surface area (Å²) < 4.78 is 45.1. The van der Waals surface area contributed by atoms with Crippen LogP contribution in [0.25, 0.3) is 10.9 Å². The van der Waals surface area contributed by atoms with Gasteiger partial charge in [-0.25, -0.2) is 4.98 Å². The number of halogens is 3. The Balaban J connectivity index is 1.76. The summed E-state index contributed by atoms with van der Waals surface area (Å²) in [5, 5.41) is 6.49. The van der Waals surface area contributed by atoms with Crippen molar-refractivity contribution in [3.63, 3.8) is 0 Å². The lowest BCUT2D eigenvalue weighted by atomic mass is 10.1. The van der Waals surface area contributed by atoms with Crippen LogP contribution in [0.2, 0.25) is 0 Å². The fourth-order valence-electron chi connectivity index (χ4n) is 3.95. The second kappa shape index (κ2) is 8.64. The minimum Gasteiger partial charge on any atom is -0.494 e. The van der Waals surface area contributed by atoms with Crippen molar-refractivity contribution in [1.29, 1.82) is 0 Å². The number of aromatic nitrogens is 2. The minimum atomic E-state index is -4.54. The number of nitrogens with two attached hydrogens (primary N) is 1. The lowest BCUT2D eigenvalue weighted by Gasteiger charge is -2.21. The van der Waals surface area contributed by atoms with Gasteiger partial charge in [-0.3, -0.25) is 4.79 Å². The van der Waals surface area contributed by atoms with Gasteiger partial charge in [-0.1, -0.05) is 6.07 Å². The number of methoxy groups -OCH3 is 1. The Morgan fingerprint density at radius 3 is 2.73 bits per heavy atom. The predicted molar refractivity (Wildman–Crippen MR) is 120 cm³/mol. The number of fused-ring (bicyclic) bond motifs is 1. The molecule has 8 nitrogen and oxygen atoms in total. The molecule has 174 valence electrons. The van der Waals surface area contributed by atoms with Gasteiger partial charge >= 0.3 is 6.18 Å². The first-order chi connectivity index (χ1) is 15.6. The van der Waals surface area contributed by atoms with E-state index in [1.807, 2.05) is 17.0 Å². The number of benzene rings is 2. The molecular weight excluding hydrogens is 437 g/mol. The highest BCUT2D eigenvalue weighted by Gasteiger charge is 2.31. The van der Waals surface area contributed by atoms with Crippen molar-refractivity contribution >= 4 is 40.0 Å². The van der Waals surface area contributed by atoms with Crippen molar-refractivity contribution in [1.82, 2.24) is 15.3 Å². The first-order valence-electron chi connectivity index (χ1n) is 10.3. The summed E-state index contributed by atoms with van der Waals surface area (Å²) in [6, 6.07) is 8.59. The average molecular weight is 460 g/mol. The molecule has 2 aromatic carbocycles. The molecule has 0 spiro atoms. The molecule has 1 saturated heterocycles. The molecule has 1 atom stereocenters. The van der Waals surface area contributed by atoms with Crippen LogP contribution in [0.1, 0.15) is 18.9 Å². The molecule has 1 aromatic heterocycles. The topological polar surface area (TPSA) is 105 Å². The van der Waals surface area contributed by atoms with E-state index in [-0.39, 0.29) is 29.3 Å². The van der Waals surface area contributed by atoms with Crippen molar-refractivity contribution < 1.29 is 22.7 Å². The number of anilines is 4. The summed E-state index contributed by atoms with van der Waals surface area (Å²) in [7, 11) is 1.51. The zero-order chi connectivity index (χ0) is 23.8. The number of alkyl halides is 3. The zero-order valence-electron chi connectivity index (χ0n) is 18.0. The molecule has 33 heavy (non-hydrogen) atoms. The number of nitrogens with one attached hydrogen (secondary N) is 2. The third-order valence-corrected chi connectivity index (χ3v) is 5.32. The van der Waals surface area contributed by atoms with Gasteiger partial charge in [-0.15, -0.1) is 0 Å². The normalized spacial score (nSPS) is 16.2. The van der Waals surface area contributed by atoms with Gasteiger partial charge in [-0.2, -0.15) is 18.2 Å². The molecule has 2 heterocycles. The monoisotopic (exact) mass is 460 g/mol. The Morgan fingerprint density at radius 1 is 1.24 bits per heavy atom. The number of hydrogen-bond donors (Lipinski definition) is 3. The second-order valence-corrected chi connectivity index (χ2v) is 7.83. The van der Waals surface area contributed by atoms with Crippen LogP contribution in [0, 0.1) is 0 Å². The van der Waals surface area contributed by atoms with Crippen molar-refractivity contribution in [3.8, 4) is 5.75 Å². The molecule has 0 radical (unpaired) electrons. The molecule has 4 rings (SSSR count). The Hall–Kier alpha value is -3.76. The van der Waals surface area contributed by atoms with Crippen LogP contribution < -0.4 is 26.0 Å². The van der Waals surface area contributed by atoms with E-state index >= 15 is 0 Å².